The molecule has 3 aromatic rings. The van der Waals surface area contributed by atoms with E-state index in [-0.39, 0.29) is 17.0 Å². The highest BCUT2D eigenvalue weighted by atomic mass is 32.2. The Morgan fingerprint density at radius 3 is 2.64 bits per heavy atom. The van der Waals surface area contributed by atoms with Gasteiger partial charge >= 0.3 is 12.1 Å². The second-order valence-electron chi connectivity index (χ2n) is 7.55. The first-order valence-electron chi connectivity index (χ1n) is 10.3. The van der Waals surface area contributed by atoms with Crippen molar-refractivity contribution in [3.05, 3.63) is 48.0 Å². The van der Waals surface area contributed by atoms with E-state index >= 15 is 0 Å². The van der Waals surface area contributed by atoms with E-state index in [1.807, 2.05) is 29.9 Å². The van der Waals surface area contributed by atoms with E-state index in [0.717, 1.165) is 24.2 Å². The van der Waals surface area contributed by atoms with Crippen LogP contribution in [0.4, 0.5) is 4.79 Å². The molecule has 1 amide bonds. The van der Waals surface area contributed by atoms with Gasteiger partial charge in [-0.3, -0.25) is 4.79 Å². The molecule has 1 fully saturated rings. The summed E-state index contributed by atoms with van der Waals surface area (Å²) in [5.74, 6) is 0.297. The number of aryl methyl sites for hydroxylation is 1. The van der Waals surface area contributed by atoms with Crippen molar-refractivity contribution in [1.82, 2.24) is 34.7 Å². The van der Waals surface area contributed by atoms with E-state index in [1.54, 1.807) is 23.2 Å². The average Bonchev–Trinajstić information content (AvgIpc) is 3.42. The van der Waals surface area contributed by atoms with Crippen LogP contribution in [0.2, 0.25) is 0 Å². The van der Waals surface area contributed by atoms with Gasteiger partial charge in [0.2, 0.25) is 5.16 Å². The first-order chi connectivity index (χ1) is 15.9. The number of likely N-dealkylation sites (tertiary alicyclic amines) is 1. The third kappa shape index (κ3) is 5.66. The van der Waals surface area contributed by atoms with Crippen molar-refractivity contribution in [2.75, 3.05) is 13.1 Å². The molecule has 1 unspecified atom stereocenters. The summed E-state index contributed by atoms with van der Waals surface area (Å²) in [5, 5.41) is 20.6. The van der Waals surface area contributed by atoms with Crippen LogP contribution in [-0.4, -0.2) is 70.2 Å². The maximum absolute atomic E-state index is 12.6. The summed E-state index contributed by atoms with van der Waals surface area (Å²) in [5.41, 5.74) is 0.954. The predicted octanol–water partition coefficient (Wildman–Crippen LogP) is 2.27. The molecule has 3 heterocycles. The summed E-state index contributed by atoms with van der Waals surface area (Å²) in [6.45, 7) is 0.787. The molecule has 0 radical (unpaired) electrons. The quantitative estimate of drug-likeness (QED) is 0.480. The van der Waals surface area contributed by atoms with Crippen molar-refractivity contribution < 1.29 is 19.4 Å². The Morgan fingerprint density at radius 2 is 2.00 bits per heavy atom. The minimum Gasteiger partial charge on any atom is -0.480 e. The number of carbonyl (C=O) groups is 2. The standard InChI is InChI=1S/C20H23N7O4S2/c1-25-11-8-21-18(25)17(32)13-2-4-14(5-3-13)31-20(30)26-9-6-15(7-10-26)33-19-22-23-24-27(19)12-16(28)29/h2-5,8,11,15,17,32H,6-7,9-10,12H2,1H3,(H,28,29). The second kappa shape index (κ2) is 10.3. The number of imidazole rings is 1. The zero-order valence-electron chi connectivity index (χ0n) is 17.8. The predicted molar refractivity (Wildman–Crippen MR) is 122 cm³/mol. The summed E-state index contributed by atoms with van der Waals surface area (Å²) in [6, 6.07) is 7.26. The van der Waals surface area contributed by atoms with Crippen molar-refractivity contribution in [2.24, 2.45) is 7.05 Å². The summed E-state index contributed by atoms with van der Waals surface area (Å²) in [7, 11) is 1.92. The Morgan fingerprint density at radius 1 is 1.27 bits per heavy atom. The van der Waals surface area contributed by atoms with Crippen LogP contribution < -0.4 is 4.74 Å². The van der Waals surface area contributed by atoms with E-state index < -0.39 is 12.1 Å². The van der Waals surface area contributed by atoms with Crippen molar-refractivity contribution in [3.8, 4) is 5.75 Å². The number of nitrogens with zero attached hydrogens (tertiary/aromatic N) is 7. The number of piperidine rings is 1. The summed E-state index contributed by atoms with van der Waals surface area (Å²) >= 11 is 6.08. The molecule has 174 valence electrons. The Kier molecular flexibility index (Phi) is 7.18. The summed E-state index contributed by atoms with van der Waals surface area (Å²) in [6.07, 6.45) is 4.66. The number of benzene rings is 1. The number of ether oxygens (including phenoxy) is 1. The zero-order valence-corrected chi connectivity index (χ0v) is 19.5. The van der Waals surface area contributed by atoms with Gasteiger partial charge in [0.25, 0.3) is 0 Å². The van der Waals surface area contributed by atoms with Gasteiger partial charge in [-0.2, -0.15) is 12.6 Å². The largest absolute Gasteiger partial charge is 0.480 e. The van der Waals surface area contributed by atoms with Crippen molar-refractivity contribution in [2.45, 2.75) is 35.0 Å². The maximum Gasteiger partial charge on any atom is 0.415 e. The number of carboxylic acids is 1. The van der Waals surface area contributed by atoms with Gasteiger partial charge < -0.3 is 19.3 Å². The van der Waals surface area contributed by atoms with Gasteiger partial charge in [-0.15, -0.1) is 5.10 Å². The Hall–Kier alpha value is -3.06. The molecule has 0 aliphatic carbocycles. The molecule has 2 aromatic heterocycles. The molecule has 1 aliphatic heterocycles. The van der Waals surface area contributed by atoms with Crippen LogP contribution in [0.3, 0.4) is 0 Å². The maximum atomic E-state index is 12.6. The van der Waals surface area contributed by atoms with E-state index in [9.17, 15) is 9.59 Å². The van der Waals surface area contributed by atoms with E-state index in [1.165, 1.54) is 16.4 Å². The molecule has 1 aliphatic rings. The molecule has 0 bridgehead atoms. The molecule has 0 spiro atoms. The zero-order chi connectivity index (χ0) is 23.4. The van der Waals surface area contributed by atoms with Gasteiger partial charge in [0, 0.05) is 37.8 Å². The summed E-state index contributed by atoms with van der Waals surface area (Å²) in [4.78, 5) is 29.5. The number of carboxylic acid groups (broad SMARTS) is 1. The number of hydrogen-bond donors (Lipinski definition) is 2. The number of thioether (sulfide) groups is 1. The molecule has 33 heavy (non-hydrogen) atoms. The van der Waals surface area contributed by atoms with Crippen molar-refractivity contribution in [3.63, 3.8) is 0 Å². The van der Waals surface area contributed by atoms with Crippen LogP contribution in [0, 0.1) is 0 Å². The molecular formula is C20H23N7O4S2. The first-order valence-corrected chi connectivity index (χ1v) is 11.7. The minimum absolute atomic E-state index is 0.178. The number of aliphatic carboxylic acids is 1. The van der Waals surface area contributed by atoms with Gasteiger partial charge in [-0.1, -0.05) is 23.9 Å². The lowest BCUT2D eigenvalue weighted by Crippen LogP contribution is -2.41. The van der Waals surface area contributed by atoms with Crippen molar-refractivity contribution >= 4 is 36.5 Å². The van der Waals surface area contributed by atoms with Gasteiger partial charge in [0.1, 0.15) is 18.1 Å². The Balaban J connectivity index is 1.27. The number of tetrazole rings is 1. The van der Waals surface area contributed by atoms with E-state index in [0.29, 0.717) is 24.0 Å². The fourth-order valence-electron chi connectivity index (χ4n) is 3.49. The van der Waals surface area contributed by atoms with Crippen LogP contribution in [0.15, 0.2) is 41.8 Å². The molecule has 1 N–H and O–H groups in total. The minimum atomic E-state index is -1.00. The highest BCUT2D eigenvalue weighted by molar-refractivity contribution is 7.99. The Bertz CT molecular complexity index is 1110. The highest BCUT2D eigenvalue weighted by Gasteiger charge is 2.26. The molecule has 1 atom stereocenters. The number of rotatable bonds is 7. The van der Waals surface area contributed by atoms with Gasteiger partial charge in [0.15, 0.2) is 0 Å². The third-order valence-corrected chi connectivity index (χ3v) is 7.10. The van der Waals surface area contributed by atoms with Crippen LogP contribution >= 0.6 is 24.4 Å². The van der Waals surface area contributed by atoms with E-state index in [2.05, 4.69) is 33.1 Å². The van der Waals surface area contributed by atoms with Gasteiger partial charge in [0.05, 0.1) is 5.25 Å². The molecule has 0 saturated carbocycles. The fraction of sp³-hybridized carbons (Fsp3) is 0.400. The lowest BCUT2D eigenvalue weighted by molar-refractivity contribution is -0.138. The smallest absolute Gasteiger partial charge is 0.415 e. The normalized spacial score (nSPS) is 15.4. The molecule has 11 nitrogen and oxygen atoms in total. The molecule has 13 heteroatoms. The Labute approximate surface area is 199 Å². The number of thiol groups is 1. The number of amides is 1. The monoisotopic (exact) mass is 489 g/mol. The topological polar surface area (TPSA) is 128 Å². The first kappa shape index (κ1) is 23.1. The van der Waals surface area contributed by atoms with Crippen LogP contribution in [0.5, 0.6) is 5.75 Å². The number of carbonyl (C=O) groups excluding carboxylic acids is 1. The average molecular weight is 490 g/mol. The third-order valence-electron chi connectivity index (χ3n) is 5.26. The fourth-order valence-corrected chi connectivity index (χ4v) is 4.96. The lowest BCUT2D eigenvalue weighted by Gasteiger charge is -2.30. The number of aromatic nitrogens is 6. The van der Waals surface area contributed by atoms with Crippen LogP contribution in [0.25, 0.3) is 0 Å². The van der Waals surface area contributed by atoms with Gasteiger partial charge in [-0.05, 0) is 41.0 Å². The molecule has 1 aromatic carbocycles. The second-order valence-corrected chi connectivity index (χ2v) is 9.34. The van der Waals surface area contributed by atoms with Crippen LogP contribution in [-0.2, 0) is 18.4 Å². The van der Waals surface area contributed by atoms with Crippen molar-refractivity contribution in [1.29, 1.82) is 0 Å². The highest BCUT2D eigenvalue weighted by Crippen LogP contribution is 2.30. The lowest BCUT2D eigenvalue weighted by atomic mass is 10.1. The summed E-state index contributed by atoms with van der Waals surface area (Å²) < 4.78 is 8.72. The SMILES string of the molecule is Cn1ccnc1C(S)c1ccc(OC(=O)N2CCC(Sc3nnnn3CC(=O)O)CC2)cc1. The molecule has 4 rings (SSSR count). The molecular weight excluding hydrogens is 466 g/mol. The number of hydrogen-bond acceptors (Lipinski definition) is 9. The van der Waals surface area contributed by atoms with Crippen LogP contribution in [0.1, 0.15) is 29.5 Å². The van der Waals surface area contributed by atoms with Gasteiger partial charge in [-0.25, -0.2) is 14.5 Å². The van der Waals surface area contributed by atoms with E-state index in [4.69, 9.17) is 9.84 Å². The molecule has 1 saturated heterocycles.